The predicted molar refractivity (Wildman–Crippen MR) is 71.8 cm³/mol. The molecular formula is C12H14N4O2S. The molecule has 7 heteroatoms. The molecule has 0 saturated heterocycles. The molecule has 0 radical (unpaired) electrons. The lowest BCUT2D eigenvalue weighted by molar-refractivity contribution is -0.142. The number of hydrogen-bond acceptors (Lipinski definition) is 7. The van der Waals surface area contributed by atoms with E-state index in [0.717, 1.165) is 10.8 Å². The minimum Gasteiger partial charge on any atom is -0.466 e. The van der Waals surface area contributed by atoms with E-state index in [0.29, 0.717) is 18.8 Å². The van der Waals surface area contributed by atoms with Crippen molar-refractivity contribution in [1.29, 1.82) is 0 Å². The van der Waals surface area contributed by atoms with Crippen LogP contribution in [0, 0.1) is 0 Å². The summed E-state index contributed by atoms with van der Waals surface area (Å²) in [5, 5.41) is 13.5. The maximum absolute atomic E-state index is 11.3. The lowest BCUT2D eigenvalue weighted by atomic mass is 10.3. The smallest absolute Gasteiger partial charge is 0.311 e. The maximum atomic E-state index is 11.3. The minimum absolute atomic E-state index is 0.206. The summed E-state index contributed by atoms with van der Waals surface area (Å²) in [6, 6.07) is 3.71. The van der Waals surface area contributed by atoms with Gasteiger partial charge in [0.15, 0.2) is 5.13 Å². The van der Waals surface area contributed by atoms with Gasteiger partial charge in [-0.15, -0.1) is 11.3 Å². The van der Waals surface area contributed by atoms with Crippen LogP contribution in [0.3, 0.4) is 0 Å². The van der Waals surface area contributed by atoms with Gasteiger partial charge in [0, 0.05) is 11.6 Å². The third-order valence-corrected chi connectivity index (χ3v) is 3.08. The SMILES string of the molecule is CCOC(=O)Cc1csc(NCc2cccnn2)n1. The number of carbonyl (C=O) groups excluding carboxylic acids is 1. The van der Waals surface area contributed by atoms with E-state index in [2.05, 4.69) is 20.5 Å². The molecular weight excluding hydrogens is 264 g/mol. The average molecular weight is 278 g/mol. The molecule has 2 aromatic heterocycles. The zero-order valence-electron chi connectivity index (χ0n) is 10.5. The Labute approximate surface area is 114 Å². The monoisotopic (exact) mass is 278 g/mol. The van der Waals surface area contributed by atoms with Crippen molar-refractivity contribution in [3.8, 4) is 0 Å². The zero-order chi connectivity index (χ0) is 13.5. The van der Waals surface area contributed by atoms with E-state index in [1.54, 1.807) is 13.1 Å². The zero-order valence-corrected chi connectivity index (χ0v) is 11.3. The number of anilines is 1. The van der Waals surface area contributed by atoms with E-state index in [1.807, 2.05) is 17.5 Å². The van der Waals surface area contributed by atoms with Crippen LogP contribution in [-0.2, 0) is 22.5 Å². The van der Waals surface area contributed by atoms with Crippen LogP contribution < -0.4 is 5.32 Å². The molecule has 0 bridgehead atoms. The minimum atomic E-state index is -0.256. The van der Waals surface area contributed by atoms with Crippen molar-refractivity contribution >= 4 is 22.4 Å². The number of nitrogens with one attached hydrogen (secondary N) is 1. The fourth-order valence-corrected chi connectivity index (χ4v) is 2.13. The van der Waals surface area contributed by atoms with Crippen molar-refractivity contribution in [3.05, 3.63) is 35.1 Å². The third-order valence-electron chi connectivity index (χ3n) is 2.23. The van der Waals surface area contributed by atoms with Crippen LogP contribution >= 0.6 is 11.3 Å². The number of esters is 1. The van der Waals surface area contributed by atoms with Gasteiger partial charge in [0.25, 0.3) is 0 Å². The molecule has 2 aromatic rings. The van der Waals surface area contributed by atoms with Gasteiger partial charge in [-0.2, -0.15) is 10.2 Å². The van der Waals surface area contributed by atoms with Gasteiger partial charge in [-0.05, 0) is 19.1 Å². The molecule has 100 valence electrons. The molecule has 2 heterocycles. The first-order chi connectivity index (χ1) is 9.28. The Balaban J connectivity index is 1.85. The van der Waals surface area contributed by atoms with Gasteiger partial charge in [-0.1, -0.05) is 0 Å². The topological polar surface area (TPSA) is 77.0 Å². The number of rotatable bonds is 6. The standard InChI is InChI=1S/C12H14N4O2S/c1-2-18-11(17)6-10-8-19-12(15-10)13-7-9-4-3-5-14-16-9/h3-5,8H,2,6-7H2,1H3,(H,13,15). The Kier molecular flexibility index (Phi) is 4.79. The van der Waals surface area contributed by atoms with Crippen molar-refractivity contribution in [2.75, 3.05) is 11.9 Å². The average Bonchev–Trinajstić information content (AvgIpc) is 2.85. The van der Waals surface area contributed by atoms with E-state index in [-0.39, 0.29) is 12.4 Å². The van der Waals surface area contributed by atoms with Gasteiger partial charge in [-0.3, -0.25) is 4.79 Å². The quantitative estimate of drug-likeness (QED) is 0.810. The van der Waals surface area contributed by atoms with E-state index >= 15 is 0 Å². The highest BCUT2D eigenvalue weighted by Gasteiger charge is 2.08. The second-order valence-corrected chi connectivity index (χ2v) is 4.55. The van der Waals surface area contributed by atoms with Gasteiger partial charge in [0.1, 0.15) is 0 Å². The molecule has 0 atom stereocenters. The Morgan fingerprint density at radius 2 is 2.37 bits per heavy atom. The summed E-state index contributed by atoms with van der Waals surface area (Å²) in [7, 11) is 0. The summed E-state index contributed by atoms with van der Waals surface area (Å²) in [6.45, 7) is 2.73. The number of hydrogen-bond donors (Lipinski definition) is 1. The van der Waals surface area contributed by atoms with Gasteiger partial charge < -0.3 is 10.1 Å². The van der Waals surface area contributed by atoms with Crippen molar-refractivity contribution in [3.63, 3.8) is 0 Å². The van der Waals surface area contributed by atoms with Crippen LogP contribution in [0.2, 0.25) is 0 Å². The number of carbonyl (C=O) groups is 1. The second kappa shape index (κ2) is 6.79. The molecule has 0 spiro atoms. The molecule has 0 aliphatic heterocycles. The molecule has 0 aliphatic carbocycles. The summed E-state index contributed by atoms with van der Waals surface area (Å²) in [5.41, 5.74) is 1.55. The largest absolute Gasteiger partial charge is 0.466 e. The molecule has 2 rings (SSSR count). The first kappa shape index (κ1) is 13.4. The van der Waals surface area contributed by atoms with Crippen molar-refractivity contribution in [1.82, 2.24) is 15.2 Å². The fourth-order valence-electron chi connectivity index (χ4n) is 1.42. The van der Waals surface area contributed by atoms with Crippen LogP contribution in [0.15, 0.2) is 23.7 Å². The molecule has 0 fully saturated rings. The van der Waals surface area contributed by atoms with E-state index in [1.165, 1.54) is 11.3 Å². The highest BCUT2D eigenvalue weighted by atomic mass is 32.1. The summed E-state index contributed by atoms with van der Waals surface area (Å²) >= 11 is 1.45. The van der Waals surface area contributed by atoms with Gasteiger partial charge >= 0.3 is 5.97 Å². The maximum Gasteiger partial charge on any atom is 0.311 e. The Hall–Kier alpha value is -2.02. The van der Waals surface area contributed by atoms with Gasteiger partial charge in [-0.25, -0.2) is 4.98 Å². The van der Waals surface area contributed by atoms with E-state index in [4.69, 9.17) is 4.74 Å². The Morgan fingerprint density at radius 1 is 1.47 bits per heavy atom. The van der Waals surface area contributed by atoms with Gasteiger partial charge in [0.05, 0.1) is 31.0 Å². The van der Waals surface area contributed by atoms with Crippen LogP contribution in [0.5, 0.6) is 0 Å². The summed E-state index contributed by atoms with van der Waals surface area (Å²) in [5.74, 6) is -0.256. The van der Waals surface area contributed by atoms with Crippen molar-refractivity contribution in [2.24, 2.45) is 0 Å². The Bertz CT molecular complexity index is 530. The normalized spacial score (nSPS) is 10.2. The van der Waals surface area contributed by atoms with Crippen LogP contribution in [0.25, 0.3) is 0 Å². The number of aromatic nitrogens is 3. The molecule has 0 aromatic carbocycles. The van der Waals surface area contributed by atoms with Crippen LogP contribution in [0.4, 0.5) is 5.13 Å². The number of nitrogens with zero attached hydrogens (tertiary/aromatic N) is 3. The van der Waals surface area contributed by atoms with Gasteiger partial charge in [0.2, 0.25) is 0 Å². The molecule has 1 N–H and O–H groups in total. The number of ether oxygens (including phenoxy) is 1. The summed E-state index contributed by atoms with van der Waals surface area (Å²) in [4.78, 5) is 15.6. The molecule has 0 aliphatic rings. The lowest BCUT2D eigenvalue weighted by Crippen LogP contribution is -2.08. The third kappa shape index (κ3) is 4.29. The van der Waals surface area contributed by atoms with E-state index < -0.39 is 0 Å². The van der Waals surface area contributed by atoms with Crippen LogP contribution in [0.1, 0.15) is 18.3 Å². The highest BCUT2D eigenvalue weighted by molar-refractivity contribution is 7.13. The second-order valence-electron chi connectivity index (χ2n) is 3.69. The summed E-state index contributed by atoms with van der Waals surface area (Å²) in [6.07, 6.45) is 1.83. The highest BCUT2D eigenvalue weighted by Crippen LogP contribution is 2.16. The number of thiazole rings is 1. The lowest BCUT2D eigenvalue weighted by Gasteiger charge is -2.00. The molecule has 0 saturated carbocycles. The molecule has 6 nitrogen and oxygen atoms in total. The Morgan fingerprint density at radius 3 is 3.11 bits per heavy atom. The van der Waals surface area contributed by atoms with Crippen molar-refractivity contribution < 1.29 is 9.53 Å². The van der Waals surface area contributed by atoms with Crippen LogP contribution in [-0.4, -0.2) is 27.8 Å². The fraction of sp³-hybridized carbons (Fsp3) is 0.333. The molecule has 0 amide bonds. The molecule has 0 unspecified atom stereocenters. The predicted octanol–water partition coefficient (Wildman–Crippen LogP) is 1.65. The first-order valence-corrected chi connectivity index (χ1v) is 6.76. The van der Waals surface area contributed by atoms with E-state index in [9.17, 15) is 4.79 Å². The molecule has 19 heavy (non-hydrogen) atoms. The first-order valence-electron chi connectivity index (χ1n) is 5.88. The summed E-state index contributed by atoms with van der Waals surface area (Å²) < 4.78 is 4.87. The van der Waals surface area contributed by atoms with Crippen molar-refractivity contribution in [2.45, 2.75) is 19.9 Å².